The maximum atomic E-state index is 5.22. The van der Waals surface area contributed by atoms with Crippen molar-refractivity contribution in [1.82, 2.24) is 4.98 Å². The Bertz CT molecular complexity index is 554. The molecule has 1 aromatic carbocycles. The van der Waals surface area contributed by atoms with Crippen LogP contribution in [0.4, 0.5) is 11.5 Å². The molecular weight excluding hydrogens is 310 g/mol. The van der Waals surface area contributed by atoms with Crippen molar-refractivity contribution in [2.24, 2.45) is 0 Å². The van der Waals surface area contributed by atoms with E-state index in [1.54, 1.807) is 6.20 Å². The van der Waals surface area contributed by atoms with Crippen LogP contribution >= 0.6 is 28.1 Å². The summed E-state index contributed by atoms with van der Waals surface area (Å²) in [6, 6.07) is 11.7. The van der Waals surface area contributed by atoms with Gasteiger partial charge in [0.15, 0.2) is 5.11 Å². The van der Waals surface area contributed by atoms with E-state index >= 15 is 0 Å². The van der Waals surface area contributed by atoms with Gasteiger partial charge in [-0.15, -0.1) is 0 Å². The molecule has 3 nitrogen and oxygen atoms in total. The number of rotatable bonds is 2. The molecule has 0 amide bonds. The normalized spacial score (nSPS) is 9.89. The number of benzene rings is 1. The van der Waals surface area contributed by atoms with Crippen molar-refractivity contribution in [3.8, 4) is 0 Å². The molecule has 0 aliphatic carbocycles. The first-order valence-corrected chi connectivity index (χ1v) is 6.60. The third-order valence-corrected chi connectivity index (χ3v) is 2.93. The monoisotopic (exact) mass is 321 g/mol. The molecule has 0 saturated carbocycles. The van der Waals surface area contributed by atoms with Crippen LogP contribution in [0.15, 0.2) is 47.1 Å². The molecule has 18 heavy (non-hydrogen) atoms. The molecule has 0 aliphatic heterocycles. The Labute approximate surface area is 120 Å². The Morgan fingerprint density at radius 2 is 2.06 bits per heavy atom. The van der Waals surface area contributed by atoms with E-state index in [-0.39, 0.29) is 0 Å². The second-order valence-corrected chi connectivity index (χ2v) is 5.13. The first kappa shape index (κ1) is 13.0. The smallest absolute Gasteiger partial charge is 0.176 e. The summed E-state index contributed by atoms with van der Waals surface area (Å²) in [7, 11) is 0. The third kappa shape index (κ3) is 3.78. The predicted molar refractivity (Wildman–Crippen MR) is 83.0 cm³/mol. The van der Waals surface area contributed by atoms with E-state index in [1.165, 1.54) is 0 Å². The van der Waals surface area contributed by atoms with Gasteiger partial charge in [0.25, 0.3) is 0 Å². The lowest BCUT2D eigenvalue weighted by atomic mass is 10.3. The zero-order valence-electron chi connectivity index (χ0n) is 9.77. The molecule has 2 aromatic rings. The molecule has 0 bridgehead atoms. The molecule has 2 rings (SSSR count). The fraction of sp³-hybridized carbons (Fsp3) is 0.0769. The standard InChI is InChI=1S/C13H12BrN3S/c1-9-5-6-12(15-8-9)17-13(18)16-11-4-2-3-10(14)7-11/h2-8H,1H3,(H2,15,16,17,18). The van der Waals surface area contributed by atoms with Crippen molar-refractivity contribution in [2.45, 2.75) is 6.92 Å². The number of nitrogens with zero attached hydrogens (tertiary/aromatic N) is 1. The summed E-state index contributed by atoms with van der Waals surface area (Å²) in [5.41, 5.74) is 2.04. The maximum Gasteiger partial charge on any atom is 0.176 e. The molecule has 92 valence electrons. The van der Waals surface area contributed by atoms with Gasteiger partial charge in [0, 0.05) is 16.4 Å². The molecule has 0 saturated heterocycles. The van der Waals surface area contributed by atoms with Crippen LogP contribution in [0.3, 0.4) is 0 Å². The maximum absolute atomic E-state index is 5.22. The Morgan fingerprint density at radius 3 is 2.72 bits per heavy atom. The van der Waals surface area contributed by atoms with Gasteiger partial charge in [-0.3, -0.25) is 0 Å². The Morgan fingerprint density at radius 1 is 1.22 bits per heavy atom. The van der Waals surface area contributed by atoms with Crippen LogP contribution in [-0.2, 0) is 0 Å². The number of hydrogen-bond acceptors (Lipinski definition) is 2. The second-order valence-electron chi connectivity index (χ2n) is 3.81. The van der Waals surface area contributed by atoms with E-state index < -0.39 is 0 Å². The van der Waals surface area contributed by atoms with Crippen molar-refractivity contribution in [2.75, 3.05) is 10.6 Å². The van der Waals surface area contributed by atoms with Crippen molar-refractivity contribution in [1.29, 1.82) is 0 Å². The van der Waals surface area contributed by atoms with Crippen LogP contribution in [-0.4, -0.2) is 10.1 Å². The Kier molecular flexibility index (Phi) is 4.28. The van der Waals surface area contributed by atoms with Crippen LogP contribution in [0, 0.1) is 6.92 Å². The summed E-state index contributed by atoms with van der Waals surface area (Å²) in [6.07, 6.45) is 1.80. The highest BCUT2D eigenvalue weighted by molar-refractivity contribution is 9.10. The van der Waals surface area contributed by atoms with Crippen LogP contribution in [0.25, 0.3) is 0 Å². The number of thiocarbonyl (C=S) groups is 1. The van der Waals surface area contributed by atoms with Crippen LogP contribution < -0.4 is 10.6 Å². The van der Waals surface area contributed by atoms with E-state index in [9.17, 15) is 0 Å². The summed E-state index contributed by atoms with van der Waals surface area (Å²) < 4.78 is 1.00. The fourth-order valence-electron chi connectivity index (χ4n) is 1.39. The van der Waals surface area contributed by atoms with Gasteiger partial charge in [-0.05, 0) is 49.0 Å². The van der Waals surface area contributed by atoms with Gasteiger partial charge in [-0.2, -0.15) is 0 Å². The molecule has 2 N–H and O–H groups in total. The lowest BCUT2D eigenvalue weighted by Gasteiger charge is -2.10. The van der Waals surface area contributed by atoms with Gasteiger partial charge in [0.1, 0.15) is 5.82 Å². The molecule has 0 radical (unpaired) electrons. The van der Waals surface area contributed by atoms with Crippen molar-refractivity contribution in [3.05, 3.63) is 52.6 Å². The topological polar surface area (TPSA) is 37.0 Å². The number of hydrogen-bond donors (Lipinski definition) is 2. The predicted octanol–water partition coefficient (Wildman–Crippen LogP) is 3.96. The summed E-state index contributed by atoms with van der Waals surface area (Å²) in [4.78, 5) is 4.23. The van der Waals surface area contributed by atoms with Crippen LogP contribution in [0.1, 0.15) is 5.56 Å². The highest BCUT2D eigenvalue weighted by atomic mass is 79.9. The van der Waals surface area contributed by atoms with Gasteiger partial charge in [0.05, 0.1) is 0 Å². The second kappa shape index (κ2) is 5.93. The Hall–Kier alpha value is -1.46. The first-order chi connectivity index (χ1) is 8.63. The molecule has 1 heterocycles. The third-order valence-electron chi connectivity index (χ3n) is 2.24. The lowest BCUT2D eigenvalue weighted by molar-refractivity contribution is 1.27. The number of pyridine rings is 1. The number of halogens is 1. The van der Waals surface area contributed by atoms with E-state index in [0.29, 0.717) is 5.11 Å². The lowest BCUT2D eigenvalue weighted by Crippen LogP contribution is -2.19. The van der Waals surface area contributed by atoms with E-state index in [1.807, 2.05) is 43.3 Å². The van der Waals surface area contributed by atoms with Crippen molar-refractivity contribution >= 4 is 44.8 Å². The zero-order valence-corrected chi connectivity index (χ0v) is 12.2. The van der Waals surface area contributed by atoms with Crippen molar-refractivity contribution < 1.29 is 0 Å². The fourth-order valence-corrected chi connectivity index (χ4v) is 2.01. The molecule has 1 aromatic heterocycles. The van der Waals surface area contributed by atoms with Gasteiger partial charge < -0.3 is 10.6 Å². The van der Waals surface area contributed by atoms with Gasteiger partial charge in [-0.25, -0.2) is 4.98 Å². The molecule has 0 unspecified atom stereocenters. The minimum absolute atomic E-state index is 0.518. The van der Waals surface area contributed by atoms with E-state index in [4.69, 9.17) is 12.2 Å². The molecule has 0 aliphatic rings. The number of nitrogens with one attached hydrogen (secondary N) is 2. The quantitative estimate of drug-likeness (QED) is 0.821. The molecule has 0 spiro atoms. The van der Waals surface area contributed by atoms with Crippen molar-refractivity contribution in [3.63, 3.8) is 0 Å². The van der Waals surface area contributed by atoms with Crippen LogP contribution in [0.2, 0.25) is 0 Å². The number of anilines is 2. The highest BCUT2D eigenvalue weighted by Crippen LogP contribution is 2.16. The van der Waals surface area contributed by atoms with E-state index in [0.717, 1.165) is 21.5 Å². The van der Waals surface area contributed by atoms with E-state index in [2.05, 4.69) is 31.5 Å². The first-order valence-electron chi connectivity index (χ1n) is 5.40. The summed E-state index contributed by atoms with van der Waals surface area (Å²) >= 11 is 8.63. The van der Waals surface area contributed by atoms with Gasteiger partial charge >= 0.3 is 0 Å². The van der Waals surface area contributed by atoms with Gasteiger partial charge in [-0.1, -0.05) is 28.1 Å². The molecule has 0 atom stereocenters. The average Bonchev–Trinajstić information content (AvgIpc) is 2.32. The molecular formula is C13H12BrN3S. The summed E-state index contributed by atoms with van der Waals surface area (Å²) in [5, 5.41) is 6.65. The van der Waals surface area contributed by atoms with Crippen LogP contribution in [0.5, 0.6) is 0 Å². The minimum Gasteiger partial charge on any atom is -0.332 e. The molecule has 0 fully saturated rings. The largest absolute Gasteiger partial charge is 0.332 e. The summed E-state index contributed by atoms with van der Waals surface area (Å²) in [6.45, 7) is 1.99. The van der Waals surface area contributed by atoms with Gasteiger partial charge in [0.2, 0.25) is 0 Å². The zero-order chi connectivity index (χ0) is 13.0. The summed E-state index contributed by atoms with van der Waals surface area (Å²) in [5.74, 6) is 0.730. The highest BCUT2D eigenvalue weighted by Gasteiger charge is 2.00. The Balaban J connectivity index is 1.98. The molecule has 5 heteroatoms. The average molecular weight is 322 g/mol. The SMILES string of the molecule is Cc1ccc(NC(=S)Nc2cccc(Br)c2)nc1. The minimum atomic E-state index is 0.518. The number of aromatic nitrogens is 1. The number of aryl methyl sites for hydroxylation is 1.